The molecule has 1 aromatic heterocycles. The van der Waals surface area contributed by atoms with Crippen LogP contribution >= 0.6 is 0 Å². The lowest BCUT2D eigenvalue weighted by atomic mass is 9.94. The lowest BCUT2D eigenvalue weighted by Crippen LogP contribution is -2.44. The monoisotopic (exact) mass is 317 g/mol. The second-order valence-corrected chi connectivity index (χ2v) is 6.61. The van der Waals surface area contributed by atoms with Crippen molar-refractivity contribution >= 4 is 5.91 Å². The van der Waals surface area contributed by atoms with Gasteiger partial charge in [-0.3, -0.25) is 9.78 Å². The highest BCUT2D eigenvalue weighted by Gasteiger charge is 2.30. The third kappa shape index (κ3) is 3.72. The fraction of sp³-hybridized carbons (Fsp3) is 0.667. The van der Waals surface area contributed by atoms with Crippen molar-refractivity contribution in [2.75, 3.05) is 32.8 Å². The predicted molar refractivity (Wildman–Crippen MR) is 89.0 cm³/mol. The molecule has 2 aliphatic rings. The van der Waals surface area contributed by atoms with Crippen LogP contribution in [0, 0.1) is 5.92 Å². The minimum atomic E-state index is 0.148. The average Bonchev–Trinajstić information content (AvgIpc) is 2.61. The maximum atomic E-state index is 12.8. The van der Waals surface area contributed by atoms with Crippen molar-refractivity contribution in [3.63, 3.8) is 0 Å². The summed E-state index contributed by atoms with van der Waals surface area (Å²) < 4.78 is 0. The molecule has 0 radical (unpaired) electrons. The summed E-state index contributed by atoms with van der Waals surface area (Å²) in [5.74, 6) is 0.452. The van der Waals surface area contributed by atoms with E-state index in [4.69, 9.17) is 10.1 Å². The highest BCUT2D eigenvalue weighted by Crippen LogP contribution is 2.24. The number of rotatable bonds is 4. The summed E-state index contributed by atoms with van der Waals surface area (Å²) in [6.07, 6.45) is 3.66. The number of amides is 1. The van der Waals surface area contributed by atoms with Gasteiger partial charge in [-0.15, -0.1) is 0 Å². The van der Waals surface area contributed by atoms with Crippen LogP contribution in [-0.2, 0) is 24.2 Å². The summed E-state index contributed by atoms with van der Waals surface area (Å²) in [6, 6.07) is 4.23. The van der Waals surface area contributed by atoms with Crippen molar-refractivity contribution in [3.8, 4) is 0 Å². The SMILES string of the molecule is CCc1ccc2c(n1)CCN(C(=O)C1CCN(CCO)CC1)C2. The van der Waals surface area contributed by atoms with E-state index < -0.39 is 0 Å². The van der Waals surface area contributed by atoms with Crippen LogP contribution in [0.2, 0.25) is 0 Å². The number of β-amino-alcohol motifs (C(OH)–C–C–N with tert-alkyl or cyclic N) is 1. The molecule has 3 rings (SSSR count). The summed E-state index contributed by atoms with van der Waals surface area (Å²) in [4.78, 5) is 21.7. The Balaban J connectivity index is 1.59. The van der Waals surface area contributed by atoms with Gasteiger partial charge in [-0.2, -0.15) is 0 Å². The van der Waals surface area contributed by atoms with Gasteiger partial charge in [0.05, 0.1) is 6.61 Å². The number of aliphatic hydroxyl groups excluding tert-OH is 1. The van der Waals surface area contributed by atoms with Crippen LogP contribution in [0.4, 0.5) is 0 Å². The number of nitrogens with zero attached hydrogens (tertiary/aromatic N) is 3. The van der Waals surface area contributed by atoms with E-state index in [1.165, 1.54) is 11.3 Å². The van der Waals surface area contributed by atoms with Gasteiger partial charge in [-0.25, -0.2) is 0 Å². The van der Waals surface area contributed by atoms with Crippen LogP contribution in [0.15, 0.2) is 12.1 Å². The molecule has 1 aromatic rings. The summed E-state index contributed by atoms with van der Waals surface area (Å²) in [6.45, 7) is 6.39. The number of likely N-dealkylation sites (tertiary alicyclic amines) is 1. The number of piperidine rings is 1. The molecular weight excluding hydrogens is 290 g/mol. The van der Waals surface area contributed by atoms with Crippen LogP contribution in [0.5, 0.6) is 0 Å². The van der Waals surface area contributed by atoms with Gasteiger partial charge in [0, 0.05) is 43.4 Å². The molecule has 1 amide bonds. The molecule has 1 fully saturated rings. The molecule has 126 valence electrons. The van der Waals surface area contributed by atoms with Crippen LogP contribution in [-0.4, -0.2) is 58.6 Å². The van der Waals surface area contributed by atoms with E-state index >= 15 is 0 Å². The molecule has 5 nitrogen and oxygen atoms in total. The largest absolute Gasteiger partial charge is 0.395 e. The zero-order valence-corrected chi connectivity index (χ0v) is 14.0. The topological polar surface area (TPSA) is 56.7 Å². The minimum absolute atomic E-state index is 0.148. The Morgan fingerprint density at radius 2 is 2.09 bits per heavy atom. The third-order valence-corrected chi connectivity index (χ3v) is 5.13. The van der Waals surface area contributed by atoms with E-state index in [1.807, 2.05) is 4.90 Å². The predicted octanol–water partition coefficient (Wildman–Crippen LogP) is 1.23. The summed E-state index contributed by atoms with van der Waals surface area (Å²) >= 11 is 0. The molecule has 0 unspecified atom stereocenters. The van der Waals surface area contributed by atoms with E-state index in [9.17, 15) is 4.79 Å². The molecule has 0 atom stereocenters. The Kier molecular flexibility index (Phi) is 5.28. The van der Waals surface area contributed by atoms with E-state index in [0.717, 1.165) is 57.6 Å². The minimum Gasteiger partial charge on any atom is -0.395 e. The van der Waals surface area contributed by atoms with Gasteiger partial charge in [-0.1, -0.05) is 13.0 Å². The van der Waals surface area contributed by atoms with E-state index in [2.05, 4.69) is 24.0 Å². The molecule has 0 saturated carbocycles. The lowest BCUT2D eigenvalue weighted by molar-refractivity contribution is -0.138. The standard InChI is InChI=1S/C18H27N3O2/c1-2-16-4-3-15-13-21(10-7-17(15)19-16)18(23)14-5-8-20(9-6-14)11-12-22/h3-4,14,22H,2,5-13H2,1H3. The normalized spacial score (nSPS) is 19.7. The van der Waals surface area contributed by atoms with Gasteiger partial charge in [0.2, 0.25) is 5.91 Å². The molecule has 0 aromatic carbocycles. The smallest absolute Gasteiger partial charge is 0.226 e. The van der Waals surface area contributed by atoms with Crippen LogP contribution in [0.3, 0.4) is 0 Å². The van der Waals surface area contributed by atoms with E-state index in [0.29, 0.717) is 12.5 Å². The van der Waals surface area contributed by atoms with Crippen molar-refractivity contribution < 1.29 is 9.90 Å². The molecule has 5 heteroatoms. The first kappa shape index (κ1) is 16.4. The highest BCUT2D eigenvalue weighted by molar-refractivity contribution is 5.79. The molecule has 1 saturated heterocycles. The summed E-state index contributed by atoms with van der Waals surface area (Å²) in [5.41, 5.74) is 3.52. The second kappa shape index (κ2) is 7.41. The fourth-order valence-electron chi connectivity index (χ4n) is 3.65. The van der Waals surface area contributed by atoms with Crippen molar-refractivity contribution in [2.45, 2.75) is 39.2 Å². The lowest BCUT2D eigenvalue weighted by Gasteiger charge is -2.35. The molecular formula is C18H27N3O2. The Morgan fingerprint density at radius 1 is 1.30 bits per heavy atom. The summed E-state index contributed by atoms with van der Waals surface area (Å²) in [7, 11) is 0. The molecule has 2 aliphatic heterocycles. The van der Waals surface area contributed by atoms with Crippen molar-refractivity contribution in [1.29, 1.82) is 0 Å². The number of carbonyl (C=O) groups is 1. The first-order valence-electron chi connectivity index (χ1n) is 8.81. The Hall–Kier alpha value is -1.46. The van der Waals surface area contributed by atoms with Crippen LogP contribution in [0.25, 0.3) is 0 Å². The molecule has 0 bridgehead atoms. The first-order valence-corrected chi connectivity index (χ1v) is 8.81. The Morgan fingerprint density at radius 3 is 2.78 bits per heavy atom. The number of fused-ring (bicyclic) bond motifs is 1. The molecule has 1 N–H and O–H groups in total. The fourth-order valence-corrected chi connectivity index (χ4v) is 3.65. The van der Waals surface area contributed by atoms with Crippen LogP contribution < -0.4 is 0 Å². The van der Waals surface area contributed by atoms with Gasteiger partial charge in [0.25, 0.3) is 0 Å². The quantitative estimate of drug-likeness (QED) is 0.907. The number of hydrogen-bond acceptors (Lipinski definition) is 4. The molecule has 0 aliphatic carbocycles. The third-order valence-electron chi connectivity index (χ3n) is 5.13. The van der Waals surface area contributed by atoms with Crippen molar-refractivity contribution in [3.05, 3.63) is 29.1 Å². The second-order valence-electron chi connectivity index (χ2n) is 6.61. The van der Waals surface area contributed by atoms with Gasteiger partial charge in [0.1, 0.15) is 0 Å². The number of hydrogen-bond donors (Lipinski definition) is 1. The van der Waals surface area contributed by atoms with Crippen LogP contribution in [0.1, 0.15) is 36.7 Å². The van der Waals surface area contributed by atoms with Gasteiger partial charge in [-0.05, 0) is 44.0 Å². The van der Waals surface area contributed by atoms with Gasteiger partial charge < -0.3 is 14.9 Å². The highest BCUT2D eigenvalue weighted by atomic mass is 16.3. The number of aliphatic hydroxyl groups is 1. The van der Waals surface area contributed by atoms with Crippen molar-refractivity contribution in [1.82, 2.24) is 14.8 Å². The summed E-state index contributed by atoms with van der Waals surface area (Å²) in [5, 5.41) is 9.01. The zero-order valence-electron chi connectivity index (χ0n) is 14.0. The first-order chi connectivity index (χ1) is 11.2. The Labute approximate surface area is 138 Å². The van der Waals surface area contributed by atoms with Gasteiger partial charge in [0.15, 0.2) is 0 Å². The van der Waals surface area contributed by atoms with E-state index in [1.54, 1.807) is 0 Å². The Bertz CT molecular complexity index is 553. The average molecular weight is 317 g/mol. The zero-order chi connectivity index (χ0) is 16.2. The maximum Gasteiger partial charge on any atom is 0.226 e. The number of pyridine rings is 1. The number of aromatic nitrogens is 1. The molecule has 23 heavy (non-hydrogen) atoms. The maximum absolute atomic E-state index is 12.8. The number of aryl methyl sites for hydroxylation is 1. The molecule has 0 spiro atoms. The van der Waals surface area contributed by atoms with Gasteiger partial charge >= 0.3 is 0 Å². The van der Waals surface area contributed by atoms with Crippen molar-refractivity contribution in [2.24, 2.45) is 5.92 Å². The molecule has 3 heterocycles. The van der Waals surface area contributed by atoms with E-state index in [-0.39, 0.29) is 12.5 Å². The number of carbonyl (C=O) groups excluding carboxylic acids is 1.